The van der Waals surface area contributed by atoms with Crippen molar-refractivity contribution in [1.29, 1.82) is 0 Å². The zero-order chi connectivity index (χ0) is 7.94. The zero-order valence-corrected chi connectivity index (χ0v) is 7.21. The number of sulfone groups is 1. The van der Waals surface area contributed by atoms with E-state index in [0.29, 0.717) is 11.4 Å². The molecular formula is C5H9NO2S2. The van der Waals surface area contributed by atoms with Crippen LogP contribution in [-0.4, -0.2) is 24.9 Å². The van der Waals surface area contributed by atoms with Crippen LogP contribution >= 0.6 is 12.2 Å². The van der Waals surface area contributed by atoms with E-state index < -0.39 is 9.84 Å². The highest BCUT2D eigenvalue weighted by atomic mass is 32.2. The lowest BCUT2D eigenvalue weighted by Crippen LogP contribution is -2.16. The van der Waals surface area contributed by atoms with E-state index in [0.717, 1.165) is 0 Å². The van der Waals surface area contributed by atoms with Crippen molar-refractivity contribution in [2.45, 2.75) is 11.7 Å². The van der Waals surface area contributed by atoms with Crippen molar-refractivity contribution in [3.05, 3.63) is 0 Å². The number of nitrogens with two attached hydrogens (primary N) is 1. The maximum absolute atomic E-state index is 10.8. The highest BCUT2D eigenvalue weighted by Crippen LogP contribution is 2.36. The van der Waals surface area contributed by atoms with Gasteiger partial charge in [0, 0.05) is 12.2 Å². The molecular weight excluding hydrogens is 170 g/mol. The normalized spacial score (nSPS) is 31.7. The van der Waals surface area contributed by atoms with E-state index in [9.17, 15) is 8.42 Å². The van der Waals surface area contributed by atoms with Crippen molar-refractivity contribution in [3.63, 3.8) is 0 Å². The lowest BCUT2D eigenvalue weighted by Gasteiger charge is -1.92. The molecule has 0 radical (unpaired) electrons. The summed E-state index contributed by atoms with van der Waals surface area (Å²) in [6, 6.07) is 0. The van der Waals surface area contributed by atoms with Gasteiger partial charge in [-0.25, -0.2) is 8.42 Å². The molecule has 1 aliphatic rings. The second-order valence-electron chi connectivity index (χ2n) is 2.61. The van der Waals surface area contributed by atoms with Crippen LogP contribution in [0.1, 0.15) is 6.42 Å². The summed E-state index contributed by atoms with van der Waals surface area (Å²) in [6.45, 7) is 0. The molecule has 0 heterocycles. The Morgan fingerprint density at radius 3 is 2.30 bits per heavy atom. The summed E-state index contributed by atoms with van der Waals surface area (Å²) >= 11 is 4.64. The Morgan fingerprint density at radius 2 is 2.20 bits per heavy atom. The van der Waals surface area contributed by atoms with Gasteiger partial charge in [0.15, 0.2) is 9.84 Å². The standard InChI is InChI=1S/C5H9NO2S2/c1-10(7,8)4-2-3(4)5(6)9/h3-4H,2H2,1H3,(H2,6,9). The minimum atomic E-state index is -2.89. The summed E-state index contributed by atoms with van der Waals surface area (Å²) in [5.74, 6) is -0.0509. The Kier molecular flexibility index (Phi) is 1.72. The first-order valence-corrected chi connectivity index (χ1v) is 5.27. The molecule has 0 aliphatic heterocycles. The summed E-state index contributed by atoms with van der Waals surface area (Å²) < 4.78 is 21.6. The minimum absolute atomic E-state index is 0.0509. The van der Waals surface area contributed by atoms with E-state index in [-0.39, 0.29) is 11.2 Å². The summed E-state index contributed by atoms with van der Waals surface area (Å²) in [4.78, 5) is 0.329. The molecule has 2 atom stereocenters. The van der Waals surface area contributed by atoms with Crippen LogP contribution in [0.5, 0.6) is 0 Å². The molecule has 1 rings (SSSR count). The van der Waals surface area contributed by atoms with Crippen molar-refractivity contribution in [3.8, 4) is 0 Å². The summed E-state index contributed by atoms with van der Waals surface area (Å²) in [5.41, 5.74) is 5.25. The molecule has 58 valence electrons. The Labute approximate surface area is 65.5 Å². The summed E-state index contributed by atoms with van der Waals surface area (Å²) in [6.07, 6.45) is 1.84. The molecule has 1 aliphatic carbocycles. The van der Waals surface area contributed by atoms with Crippen molar-refractivity contribution >= 4 is 27.0 Å². The van der Waals surface area contributed by atoms with Crippen molar-refractivity contribution in [1.82, 2.24) is 0 Å². The van der Waals surface area contributed by atoms with E-state index in [1.807, 2.05) is 0 Å². The van der Waals surface area contributed by atoms with Crippen LogP contribution in [0.3, 0.4) is 0 Å². The summed E-state index contributed by atoms with van der Waals surface area (Å²) in [7, 11) is -2.89. The predicted octanol–water partition coefficient (Wildman–Crippen LogP) is -0.294. The minimum Gasteiger partial charge on any atom is -0.393 e. The van der Waals surface area contributed by atoms with E-state index >= 15 is 0 Å². The zero-order valence-electron chi connectivity index (χ0n) is 5.57. The average molecular weight is 179 g/mol. The van der Waals surface area contributed by atoms with Gasteiger partial charge in [-0.05, 0) is 6.42 Å². The van der Waals surface area contributed by atoms with E-state index in [1.165, 1.54) is 6.26 Å². The molecule has 0 aromatic carbocycles. The number of hydrogen-bond donors (Lipinski definition) is 1. The fraction of sp³-hybridized carbons (Fsp3) is 0.800. The van der Waals surface area contributed by atoms with Gasteiger partial charge >= 0.3 is 0 Å². The SMILES string of the molecule is CS(=O)(=O)C1CC1C(N)=S. The van der Waals surface area contributed by atoms with Gasteiger partial charge in [-0.3, -0.25) is 0 Å². The highest BCUT2D eigenvalue weighted by Gasteiger charge is 2.46. The molecule has 0 amide bonds. The molecule has 10 heavy (non-hydrogen) atoms. The van der Waals surface area contributed by atoms with Crippen LogP contribution in [0.2, 0.25) is 0 Å². The number of hydrogen-bond acceptors (Lipinski definition) is 3. The second-order valence-corrected chi connectivity index (χ2v) is 5.35. The number of thiocarbonyl (C=S) groups is 1. The van der Waals surface area contributed by atoms with Crippen LogP contribution in [0.15, 0.2) is 0 Å². The quantitative estimate of drug-likeness (QED) is 0.592. The lowest BCUT2D eigenvalue weighted by atomic mass is 10.4. The molecule has 0 aromatic rings. The van der Waals surface area contributed by atoms with Gasteiger partial charge < -0.3 is 5.73 Å². The van der Waals surface area contributed by atoms with Gasteiger partial charge in [-0.15, -0.1) is 0 Å². The first-order valence-electron chi connectivity index (χ1n) is 2.91. The third kappa shape index (κ3) is 1.46. The molecule has 2 N–H and O–H groups in total. The smallest absolute Gasteiger partial charge is 0.151 e. The fourth-order valence-electron chi connectivity index (χ4n) is 0.944. The van der Waals surface area contributed by atoms with Crippen LogP contribution < -0.4 is 5.73 Å². The third-order valence-electron chi connectivity index (χ3n) is 1.65. The van der Waals surface area contributed by atoms with Crippen molar-refractivity contribution in [2.24, 2.45) is 11.7 Å². The first kappa shape index (κ1) is 7.94. The lowest BCUT2D eigenvalue weighted by molar-refractivity contribution is 0.600. The topological polar surface area (TPSA) is 60.2 Å². The van der Waals surface area contributed by atoms with Gasteiger partial charge in [0.2, 0.25) is 0 Å². The van der Waals surface area contributed by atoms with Crippen LogP contribution in [-0.2, 0) is 9.84 Å². The monoisotopic (exact) mass is 179 g/mol. The molecule has 3 nitrogen and oxygen atoms in total. The fourth-order valence-corrected chi connectivity index (χ4v) is 2.59. The van der Waals surface area contributed by atoms with E-state index in [1.54, 1.807) is 0 Å². The van der Waals surface area contributed by atoms with Crippen LogP contribution in [0.4, 0.5) is 0 Å². The molecule has 5 heteroatoms. The molecule has 0 saturated heterocycles. The van der Waals surface area contributed by atoms with Gasteiger partial charge in [0.05, 0.1) is 10.2 Å². The van der Waals surface area contributed by atoms with E-state index in [2.05, 4.69) is 12.2 Å². The molecule has 0 spiro atoms. The van der Waals surface area contributed by atoms with Gasteiger partial charge in [0.25, 0.3) is 0 Å². The Bertz CT molecular complexity index is 257. The predicted molar refractivity (Wildman–Crippen MR) is 43.5 cm³/mol. The second kappa shape index (κ2) is 2.17. The Hall–Kier alpha value is -0.160. The van der Waals surface area contributed by atoms with Crippen molar-refractivity contribution in [2.75, 3.05) is 6.26 Å². The first-order chi connectivity index (χ1) is 4.43. The Balaban J connectivity index is 2.64. The molecule has 1 saturated carbocycles. The average Bonchev–Trinajstić information content (AvgIpc) is 2.35. The van der Waals surface area contributed by atoms with Crippen LogP contribution in [0.25, 0.3) is 0 Å². The third-order valence-corrected chi connectivity index (χ3v) is 3.57. The maximum atomic E-state index is 10.8. The van der Waals surface area contributed by atoms with Gasteiger partial charge in [0.1, 0.15) is 0 Å². The molecule has 1 fully saturated rings. The summed E-state index contributed by atoms with van der Waals surface area (Å²) in [5, 5.41) is -0.287. The maximum Gasteiger partial charge on any atom is 0.151 e. The van der Waals surface area contributed by atoms with E-state index in [4.69, 9.17) is 5.73 Å². The Morgan fingerprint density at radius 1 is 1.70 bits per heavy atom. The van der Waals surface area contributed by atoms with Gasteiger partial charge in [-0.2, -0.15) is 0 Å². The van der Waals surface area contributed by atoms with Crippen LogP contribution in [0, 0.1) is 5.92 Å². The largest absolute Gasteiger partial charge is 0.393 e. The molecule has 2 unspecified atom stereocenters. The van der Waals surface area contributed by atoms with Crippen molar-refractivity contribution < 1.29 is 8.42 Å². The van der Waals surface area contributed by atoms with Gasteiger partial charge in [-0.1, -0.05) is 12.2 Å². The molecule has 0 aromatic heterocycles. The molecule has 0 bridgehead atoms. The highest BCUT2D eigenvalue weighted by molar-refractivity contribution is 7.91. The number of rotatable bonds is 2.